The number of nitrogens with one attached hydrogen (secondary N) is 2. The molecule has 0 fully saturated rings. The van der Waals surface area contributed by atoms with Crippen LogP contribution in [0.15, 0.2) is 24.3 Å². The second-order valence-electron chi connectivity index (χ2n) is 4.27. The van der Waals surface area contributed by atoms with Crippen LogP contribution >= 0.6 is 0 Å². The molecule has 1 aromatic rings. The maximum Gasteiger partial charge on any atom is 0.213 e. The number of hydrogen-bond donors (Lipinski definition) is 2. The zero-order valence-electron chi connectivity index (χ0n) is 10.6. The van der Waals surface area contributed by atoms with E-state index in [1.807, 2.05) is 0 Å². The quantitative estimate of drug-likeness (QED) is 0.776. The number of halogens is 1. The molecule has 0 radical (unpaired) electrons. The van der Waals surface area contributed by atoms with E-state index in [4.69, 9.17) is 0 Å². The van der Waals surface area contributed by atoms with Gasteiger partial charge in [0.15, 0.2) is 0 Å². The fraction of sp³-hybridized carbons (Fsp3) is 0.500. The molecular formula is C12H19FN2O2S. The third-order valence-corrected chi connectivity index (χ3v) is 3.96. The molecule has 2 N–H and O–H groups in total. The monoisotopic (exact) mass is 274 g/mol. The standard InChI is InChI=1S/C12H19FN2O2S/c1-10(15-18(16,17)8-7-14-2)9-11-3-5-12(13)6-4-11/h3-6,10,14-15H,7-9H2,1-2H3. The molecule has 0 aliphatic carbocycles. The van der Waals surface area contributed by atoms with Gasteiger partial charge in [-0.05, 0) is 38.1 Å². The summed E-state index contributed by atoms with van der Waals surface area (Å²) in [5, 5.41) is 2.79. The highest BCUT2D eigenvalue weighted by molar-refractivity contribution is 7.89. The van der Waals surface area contributed by atoms with E-state index in [9.17, 15) is 12.8 Å². The van der Waals surface area contributed by atoms with Crippen LogP contribution < -0.4 is 10.0 Å². The third kappa shape index (κ3) is 5.57. The molecule has 0 saturated carbocycles. The highest BCUT2D eigenvalue weighted by atomic mass is 32.2. The molecule has 0 bridgehead atoms. The van der Waals surface area contributed by atoms with E-state index in [1.165, 1.54) is 12.1 Å². The normalized spacial score (nSPS) is 13.5. The van der Waals surface area contributed by atoms with E-state index >= 15 is 0 Å². The molecule has 0 saturated heterocycles. The van der Waals surface area contributed by atoms with E-state index in [0.29, 0.717) is 13.0 Å². The first-order valence-electron chi connectivity index (χ1n) is 5.82. The van der Waals surface area contributed by atoms with Crippen molar-refractivity contribution in [3.8, 4) is 0 Å². The molecule has 0 spiro atoms. The van der Waals surface area contributed by atoms with E-state index < -0.39 is 10.0 Å². The van der Waals surface area contributed by atoms with Crippen molar-refractivity contribution < 1.29 is 12.8 Å². The minimum absolute atomic E-state index is 0.0528. The number of hydrogen-bond acceptors (Lipinski definition) is 3. The highest BCUT2D eigenvalue weighted by Crippen LogP contribution is 2.06. The van der Waals surface area contributed by atoms with Crippen molar-refractivity contribution in [3.05, 3.63) is 35.6 Å². The Labute approximate surface area is 108 Å². The van der Waals surface area contributed by atoms with Crippen LogP contribution in [0.2, 0.25) is 0 Å². The lowest BCUT2D eigenvalue weighted by Gasteiger charge is -2.14. The summed E-state index contributed by atoms with van der Waals surface area (Å²) in [6.45, 7) is 2.21. The van der Waals surface area contributed by atoms with E-state index in [0.717, 1.165) is 5.56 Å². The maximum absolute atomic E-state index is 12.7. The Morgan fingerprint density at radius 1 is 1.28 bits per heavy atom. The van der Waals surface area contributed by atoms with Crippen molar-refractivity contribution in [2.45, 2.75) is 19.4 Å². The molecule has 1 unspecified atom stereocenters. The molecule has 102 valence electrons. The molecule has 0 aliphatic heterocycles. The summed E-state index contributed by atoms with van der Waals surface area (Å²) in [6, 6.07) is 5.86. The van der Waals surface area contributed by atoms with Crippen molar-refractivity contribution in [2.24, 2.45) is 0 Å². The van der Waals surface area contributed by atoms with Crippen molar-refractivity contribution in [1.82, 2.24) is 10.0 Å². The Hall–Kier alpha value is -0.980. The van der Waals surface area contributed by atoms with Gasteiger partial charge in [-0.15, -0.1) is 0 Å². The van der Waals surface area contributed by atoms with Gasteiger partial charge in [0.05, 0.1) is 5.75 Å². The molecule has 6 heteroatoms. The third-order valence-electron chi connectivity index (χ3n) is 2.46. The van der Waals surface area contributed by atoms with Crippen molar-refractivity contribution in [3.63, 3.8) is 0 Å². The van der Waals surface area contributed by atoms with Gasteiger partial charge in [0.25, 0.3) is 0 Å². The molecule has 1 rings (SSSR count). The minimum Gasteiger partial charge on any atom is -0.319 e. The van der Waals surface area contributed by atoms with Gasteiger partial charge in [-0.1, -0.05) is 12.1 Å². The molecule has 1 atom stereocenters. The number of benzene rings is 1. The summed E-state index contributed by atoms with van der Waals surface area (Å²) < 4.78 is 38.6. The first-order valence-corrected chi connectivity index (χ1v) is 7.47. The number of rotatable bonds is 7. The minimum atomic E-state index is -3.26. The summed E-state index contributed by atoms with van der Waals surface area (Å²) in [4.78, 5) is 0. The first-order chi connectivity index (χ1) is 8.43. The van der Waals surface area contributed by atoms with Crippen LogP contribution in [-0.2, 0) is 16.4 Å². The Balaban J connectivity index is 2.51. The van der Waals surface area contributed by atoms with Crippen molar-refractivity contribution in [1.29, 1.82) is 0 Å². The van der Waals surface area contributed by atoms with Gasteiger partial charge in [0.1, 0.15) is 5.82 Å². The van der Waals surface area contributed by atoms with Crippen LogP contribution in [-0.4, -0.2) is 33.8 Å². The molecule has 0 amide bonds. The molecule has 1 aromatic carbocycles. The predicted molar refractivity (Wildman–Crippen MR) is 70.4 cm³/mol. The van der Waals surface area contributed by atoms with Gasteiger partial charge in [-0.25, -0.2) is 17.5 Å². The average Bonchev–Trinajstić information content (AvgIpc) is 2.29. The second-order valence-corrected chi connectivity index (χ2v) is 6.15. The molecule has 0 aromatic heterocycles. The summed E-state index contributed by atoms with van der Waals surface area (Å²) in [5.74, 6) is -0.238. The van der Waals surface area contributed by atoms with Gasteiger partial charge in [-0.2, -0.15) is 0 Å². The van der Waals surface area contributed by atoms with Crippen LogP contribution in [0.5, 0.6) is 0 Å². The average molecular weight is 274 g/mol. The highest BCUT2D eigenvalue weighted by Gasteiger charge is 2.14. The van der Waals surface area contributed by atoms with Gasteiger partial charge in [-0.3, -0.25) is 0 Å². The smallest absolute Gasteiger partial charge is 0.213 e. The SMILES string of the molecule is CNCCS(=O)(=O)NC(C)Cc1ccc(F)cc1. The summed E-state index contributed by atoms with van der Waals surface area (Å²) >= 11 is 0. The van der Waals surface area contributed by atoms with E-state index in [-0.39, 0.29) is 17.6 Å². The lowest BCUT2D eigenvalue weighted by Crippen LogP contribution is -2.37. The first kappa shape index (κ1) is 15.1. The van der Waals surface area contributed by atoms with Crippen LogP contribution in [0, 0.1) is 5.82 Å². The molecule has 4 nitrogen and oxygen atoms in total. The Morgan fingerprint density at radius 3 is 2.44 bits per heavy atom. The summed E-state index contributed by atoms with van der Waals surface area (Å²) in [6.07, 6.45) is 0.541. The molecule has 0 heterocycles. The van der Waals surface area contributed by atoms with E-state index in [1.54, 1.807) is 26.1 Å². The van der Waals surface area contributed by atoms with Gasteiger partial charge in [0.2, 0.25) is 10.0 Å². The predicted octanol–water partition coefficient (Wildman–Crippen LogP) is 0.895. The topological polar surface area (TPSA) is 58.2 Å². The number of sulfonamides is 1. The summed E-state index contributed by atoms with van der Waals surface area (Å²) in [5.41, 5.74) is 0.903. The van der Waals surface area contributed by atoms with Crippen molar-refractivity contribution >= 4 is 10.0 Å². The Bertz CT molecular complexity index is 459. The van der Waals surface area contributed by atoms with Crippen molar-refractivity contribution in [2.75, 3.05) is 19.3 Å². The van der Waals surface area contributed by atoms with E-state index in [2.05, 4.69) is 10.0 Å². The van der Waals surface area contributed by atoms with Crippen LogP contribution in [0.3, 0.4) is 0 Å². The largest absolute Gasteiger partial charge is 0.319 e. The van der Waals surface area contributed by atoms with Gasteiger partial charge in [0, 0.05) is 12.6 Å². The maximum atomic E-state index is 12.7. The Morgan fingerprint density at radius 2 is 1.89 bits per heavy atom. The lowest BCUT2D eigenvalue weighted by molar-refractivity contribution is 0.557. The Kier molecular flexibility index (Phi) is 5.71. The summed E-state index contributed by atoms with van der Waals surface area (Å²) in [7, 11) is -1.55. The van der Waals surface area contributed by atoms with Gasteiger partial charge < -0.3 is 5.32 Å². The van der Waals surface area contributed by atoms with Crippen LogP contribution in [0.4, 0.5) is 4.39 Å². The molecule has 0 aliphatic rings. The van der Waals surface area contributed by atoms with Crippen LogP contribution in [0.1, 0.15) is 12.5 Å². The lowest BCUT2D eigenvalue weighted by atomic mass is 10.1. The fourth-order valence-corrected chi connectivity index (χ4v) is 2.90. The zero-order valence-corrected chi connectivity index (χ0v) is 11.4. The van der Waals surface area contributed by atoms with Gasteiger partial charge >= 0.3 is 0 Å². The fourth-order valence-electron chi connectivity index (χ4n) is 1.62. The van der Waals surface area contributed by atoms with Crippen LogP contribution in [0.25, 0.3) is 0 Å². The molecule has 18 heavy (non-hydrogen) atoms. The molecular weight excluding hydrogens is 255 g/mol. The zero-order chi connectivity index (χ0) is 13.6. The second kappa shape index (κ2) is 6.82.